The second-order valence-electron chi connectivity index (χ2n) is 3.71. The summed E-state index contributed by atoms with van der Waals surface area (Å²) in [7, 11) is 0. The van der Waals surface area contributed by atoms with Crippen LogP contribution in [0.3, 0.4) is 0 Å². The van der Waals surface area contributed by atoms with Crippen LogP contribution in [0.4, 0.5) is 11.5 Å². The number of benzene rings is 1. The third kappa shape index (κ3) is 2.31. The summed E-state index contributed by atoms with van der Waals surface area (Å²) in [5.41, 5.74) is 7.81. The minimum absolute atomic E-state index is 0.149. The quantitative estimate of drug-likeness (QED) is 0.771. The molecule has 0 saturated carbocycles. The number of nitrogens with one attached hydrogen (secondary N) is 1. The molecule has 82 valence electrons. The van der Waals surface area contributed by atoms with Crippen molar-refractivity contribution in [2.24, 2.45) is 0 Å². The summed E-state index contributed by atoms with van der Waals surface area (Å²) in [6, 6.07) is 13.8. The van der Waals surface area contributed by atoms with Crippen LogP contribution in [0.15, 0.2) is 48.7 Å². The number of nitrogen functional groups attached to an aromatic ring is 1. The van der Waals surface area contributed by atoms with Crippen LogP contribution >= 0.6 is 0 Å². The smallest absolute Gasteiger partial charge is 0.126 e. The average molecular weight is 213 g/mol. The third-order valence-electron chi connectivity index (χ3n) is 2.49. The normalized spacial score (nSPS) is 12.1. The molecule has 2 rings (SSSR count). The Morgan fingerprint density at radius 1 is 1.12 bits per heavy atom. The first kappa shape index (κ1) is 10.5. The van der Waals surface area contributed by atoms with Gasteiger partial charge < -0.3 is 11.1 Å². The molecule has 1 unspecified atom stereocenters. The molecule has 1 aromatic heterocycles. The Morgan fingerprint density at radius 2 is 1.88 bits per heavy atom. The SMILES string of the molecule is CC(Nc1ccccn1)c1ccccc1N. The molecule has 1 heterocycles. The average Bonchev–Trinajstić information content (AvgIpc) is 2.31. The number of aromatic nitrogens is 1. The van der Waals surface area contributed by atoms with E-state index in [4.69, 9.17) is 5.73 Å². The van der Waals surface area contributed by atoms with Crippen molar-refractivity contribution in [3.63, 3.8) is 0 Å². The molecule has 0 amide bonds. The number of hydrogen-bond donors (Lipinski definition) is 2. The number of rotatable bonds is 3. The van der Waals surface area contributed by atoms with E-state index >= 15 is 0 Å². The van der Waals surface area contributed by atoms with Gasteiger partial charge in [-0.15, -0.1) is 0 Å². The number of pyridine rings is 1. The van der Waals surface area contributed by atoms with Crippen LogP contribution in [0.1, 0.15) is 18.5 Å². The minimum atomic E-state index is 0.149. The molecule has 3 N–H and O–H groups in total. The molecular weight excluding hydrogens is 198 g/mol. The lowest BCUT2D eigenvalue weighted by atomic mass is 10.1. The minimum Gasteiger partial charge on any atom is -0.398 e. The zero-order valence-electron chi connectivity index (χ0n) is 9.22. The standard InChI is InChI=1S/C13H15N3/c1-10(11-6-2-3-7-12(11)14)16-13-8-4-5-9-15-13/h2-10H,14H2,1H3,(H,15,16). The maximum absolute atomic E-state index is 5.91. The monoisotopic (exact) mass is 213 g/mol. The molecular formula is C13H15N3. The molecule has 0 bridgehead atoms. The van der Waals surface area contributed by atoms with Crippen LogP contribution in [-0.4, -0.2) is 4.98 Å². The third-order valence-corrected chi connectivity index (χ3v) is 2.49. The van der Waals surface area contributed by atoms with E-state index < -0.39 is 0 Å². The van der Waals surface area contributed by atoms with Crippen LogP contribution in [-0.2, 0) is 0 Å². The largest absolute Gasteiger partial charge is 0.398 e. The molecule has 0 aliphatic carbocycles. The summed E-state index contributed by atoms with van der Waals surface area (Å²) in [5.74, 6) is 0.859. The van der Waals surface area contributed by atoms with Crippen molar-refractivity contribution in [3.8, 4) is 0 Å². The molecule has 2 aromatic rings. The zero-order valence-corrected chi connectivity index (χ0v) is 9.22. The maximum atomic E-state index is 5.91. The summed E-state index contributed by atoms with van der Waals surface area (Å²) in [6.07, 6.45) is 1.77. The van der Waals surface area contributed by atoms with Gasteiger partial charge in [0.15, 0.2) is 0 Å². The first-order valence-corrected chi connectivity index (χ1v) is 5.29. The lowest BCUT2D eigenvalue weighted by Gasteiger charge is -2.16. The summed E-state index contributed by atoms with van der Waals surface area (Å²) in [4.78, 5) is 4.22. The highest BCUT2D eigenvalue weighted by Crippen LogP contribution is 2.22. The van der Waals surface area contributed by atoms with Crippen molar-refractivity contribution in [1.82, 2.24) is 4.98 Å². The fraction of sp³-hybridized carbons (Fsp3) is 0.154. The van der Waals surface area contributed by atoms with Crippen molar-refractivity contribution < 1.29 is 0 Å². The van der Waals surface area contributed by atoms with Gasteiger partial charge in [-0.1, -0.05) is 24.3 Å². The van der Waals surface area contributed by atoms with Crippen LogP contribution < -0.4 is 11.1 Å². The lowest BCUT2D eigenvalue weighted by Crippen LogP contribution is -2.09. The number of anilines is 2. The molecule has 0 saturated heterocycles. The van der Waals surface area contributed by atoms with Crippen molar-refractivity contribution >= 4 is 11.5 Å². The van der Waals surface area contributed by atoms with E-state index in [1.165, 1.54) is 0 Å². The van der Waals surface area contributed by atoms with Gasteiger partial charge in [-0.2, -0.15) is 0 Å². The van der Waals surface area contributed by atoms with E-state index in [0.29, 0.717) is 0 Å². The van der Waals surface area contributed by atoms with Gasteiger partial charge in [-0.25, -0.2) is 4.98 Å². The van der Waals surface area contributed by atoms with Gasteiger partial charge in [0.1, 0.15) is 5.82 Å². The van der Waals surface area contributed by atoms with Crippen LogP contribution in [0.5, 0.6) is 0 Å². The number of nitrogens with zero attached hydrogens (tertiary/aromatic N) is 1. The first-order valence-electron chi connectivity index (χ1n) is 5.29. The van der Waals surface area contributed by atoms with Gasteiger partial charge in [0.2, 0.25) is 0 Å². The molecule has 0 radical (unpaired) electrons. The lowest BCUT2D eigenvalue weighted by molar-refractivity contribution is 0.878. The molecule has 0 spiro atoms. The van der Waals surface area contributed by atoms with Crippen molar-refractivity contribution in [2.75, 3.05) is 11.1 Å². The predicted octanol–water partition coefficient (Wildman–Crippen LogP) is 2.84. The zero-order chi connectivity index (χ0) is 11.4. The molecule has 0 fully saturated rings. The van der Waals surface area contributed by atoms with Crippen molar-refractivity contribution in [3.05, 3.63) is 54.2 Å². The van der Waals surface area contributed by atoms with E-state index in [-0.39, 0.29) is 6.04 Å². The number of para-hydroxylation sites is 1. The summed E-state index contributed by atoms with van der Waals surface area (Å²) < 4.78 is 0. The Balaban J connectivity index is 2.15. The topological polar surface area (TPSA) is 50.9 Å². The van der Waals surface area contributed by atoms with Crippen LogP contribution in [0.2, 0.25) is 0 Å². The molecule has 0 aliphatic heterocycles. The first-order chi connectivity index (χ1) is 7.77. The highest BCUT2D eigenvalue weighted by atomic mass is 15.0. The Morgan fingerprint density at radius 3 is 2.56 bits per heavy atom. The number of hydrogen-bond acceptors (Lipinski definition) is 3. The second kappa shape index (κ2) is 4.66. The van der Waals surface area contributed by atoms with Gasteiger partial charge in [-0.05, 0) is 30.7 Å². The van der Waals surface area contributed by atoms with E-state index in [1.54, 1.807) is 6.20 Å². The van der Waals surface area contributed by atoms with Gasteiger partial charge in [-0.3, -0.25) is 0 Å². The maximum Gasteiger partial charge on any atom is 0.126 e. The van der Waals surface area contributed by atoms with Crippen molar-refractivity contribution in [1.29, 1.82) is 0 Å². The van der Waals surface area contributed by atoms with Gasteiger partial charge in [0.05, 0.1) is 6.04 Å². The molecule has 0 aliphatic rings. The van der Waals surface area contributed by atoms with E-state index in [1.807, 2.05) is 42.5 Å². The Labute approximate surface area is 95.3 Å². The Bertz CT molecular complexity index is 454. The van der Waals surface area contributed by atoms with Crippen LogP contribution in [0, 0.1) is 0 Å². The Kier molecular flexibility index (Phi) is 3.05. The summed E-state index contributed by atoms with van der Waals surface area (Å²) in [6.45, 7) is 2.07. The summed E-state index contributed by atoms with van der Waals surface area (Å²) in [5, 5.41) is 3.31. The molecule has 3 heteroatoms. The van der Waals surface area contributed by atoms with Gasteiger partial charge in [0.25, 0.3) is 0 Å². The molecule has 1 atom stereocenters. The van der Waals surface area contributed by atoms with Crippen LogP contribution in [0.25, 0.3) is 0 Å². The fourth-order valence-electron chi connectivity index (χ4n) is 1.65. The molecule has 16 heavy (non-hydrogen) atoms. The predicted molar refractivity (Wildman–Crippen MR) is 67.1 cm³/mol. The summed E-state index contributed by atoms with van der Waals surface area (Å²) >= 11 is 0. The van der Waals surface area contributed by atoms with E-state index in [2.05, 4.69) is 17.2 Å². The van der Waals surface area contributed by atoms with E-state index in [9.17, 15) is 0 Å². The highest BCUT2D eigenvalue weighted by molar-refractivity contribution is 5.50. The highest BCUT2D eigenvalue weighted by Gasteiger charge is 2.07. The van der Waals surface area contributed by atoms with E-state index in [0.717, 1.165) is 17.1 Å². The van der Waals surface area contributed by atoms with Crippen molar-refractivity contribution in [2.45, 2.75) is 13.0 Å². The second-order valence-corrected chi connectivity index (χ2v) is 3.71. The van der Waals surface area contributed by atoms with Gasteiger partial charge in [0, 0.05) is 11.9 Å². The Hall–Kier alpha value is -2.03. The van der Waals surface area contributed by atoms with Gasteiger partial charge >= 0.3 is 0 Å². The fourth-order valence-corrected chi connectivity index (χ4v) is 1.65. The molecule has 1 aromatic carbocycles. The number of nitrogens with two attached hydrogens (primary N) is 1. The molecule has 3 nitrogen and oxygen atoms in total.